The van der Waals surface area contributed by atoms with Gasteiger partial charge in [-0.3, -0.25) is 4.98 Å². The first-order valence-corrected chi connectivity index (χ1v) is 7.35. The standard InChI is InChI=1S/C14H23BrN2/c1-4-11(5-2)10-13(16-6-3)14-12(15)8-7-9-17-14/h7-9,11,13,16H,4-6,10H2,1-3H3. The molecular weight excluding hydrogens is 276 g/mol. The smallest absolute Gasteiger partial charge is 0.0714 e. The van der Waals surface area contributed by atoms with Crippen LogP contribution in [-0.2, 0) is 0 Å². The molecule has 96 valence electrons. The highest BCUT2D eigenvalue weighted by Gasteiger charge is 2.18. The molecule has 0 spiro atoms. The Kier molecular flexibility index (Phi) is 6.75. The SMILES string of the molecule is CCNC(CC(CC)CC)c1ncccc1Br. The van der Waals surface area contributed by atoms with Gasteiger partial charge in [0.05, 0.1) is 11.7 Å². The number of nitrogens with zero attached hydrogens (tertiary/aromatic N) is 1. The molecule has 0 saturated heterocycles. The largest absolute Gasteiger partial charge is 0.309 e. The van der Waals surface area contributed by atoms with Gasteiger partial charge in [-0.05, 0) is 46.9 Å². The molecule has 0 aliphatic rings. The van der Waals surface area contributed by atoms with Crippen LogP contribution in [0.15, 0.2) is 22.8 Å². The first kappa shape index (κ1) is 14.7. The normalized spacial score (nSPS) is 13.0. The lowest BCUT2D eigenvalue weighted by molar-refractivity contribution is 0.370. The first-order valence-electron chi connectivity index (χ1n) is 6.56. The Labute approximate surface area is 113 Å². The molecule has 1 rings (SSSR count). The fourth-order valence-electron chi connectivity index (χ4n) is 2.15. The topological polar surface area (TPSA) is 24.9 Å². The summed E-state index contributed by atoms with van der Waals surface area (Å²) in [5, 5.41) is 3.55. The monoisotopic (exact) mass is 298 g/mol. The van der Waals surface area contributed by atoms with Gasteiger partial charge < -0.3 is 5.32 Å². The quantitative estimate of drug-likeness (QED) is 0.811. The number of hydrogen-bond donors (Lipinski definition) is 1. The number of halogens is 1. The fraction of sp³-hybridized carbons (Fsp3) is 0.643. The molecule has 0 aromatic carbocycles. The van der Waals surface area contributed by atoms with Crippen LogP contribution in [0.25, 0.3) is 0 Å². The molecule has 0 radical (unpaired) electrons. The van der Waals surface area contributed by atoms with Crippen molar-refractivity contribution in [2.45, 2.75) is 46.1 Å². The minimum atomic E-state index is 0.362. The maximum Gasteiger partial charge on any atom is 0.0714 e. The molecule has 1 heterocycles. The van der Waals surface area contributed by atoms with Crippen LogP contribution < -0.4 is 5.32 Å². The third kappa shape index (κ3) is 4.40. The number of nitrogens with one attached hydrogen (secondary N) is 1. The van der Waals surface area contributed by atoms with Crippen molar-refractivity contribution < 1.29 is 0 Å². The predicted molar refractivity (Wildman–Crippen MR) is 77.0 cm³/mol. The van der Waals surface area contributed by atoms with Crippen LogP contribution in [0.4, 0.5) is 0 Å². The lowest BCUT2D eigenvalue weighted by Gasteiger charge is -2.23. The third-order valence-corrected chi connectivity index (χ3v) is 3.96. The zero-order valence-electron chi connectivity index (χ0n) is 11.0. The molecule has 3 heteroatoms. The van der Waals surface area contributed by atoms with Gasteiger partial charge in [0.1, 0.15) is 0 Å². The zero-order chi connectivity index (χ0) is 12.7. The van der Waals surface area contributed by atoms with Gasteiger partial charge in [0.15, 0.2) is 0 Å². The molecule has 1 unspecified atom stereocenters. The maximum absolute atomic E-state index is 4.51. The second-order valence-electron chi connectivity index (χ2n) is 4.40. The molecule has 1 N–H and O–H groups in total. The molecule has 0 saturated carbocycles. The van der Waals surface area contributed by atoms with Gasteiger partial charge in [-0.15, -0.1) is 0 Å². The molecule has 17 heavy (non-hydrogen) atoms. The Balaban J connectivity index is 2.81. The first-order chi connectivity index (χ1) is 8.22. The zero-order valence-corrected chi connectivity index (χ0v) is 12.6. The van der Waals surface area contributed by atoms with Gasteiger partial charge in [-0.25, -0.2) is 0 Å². The van der Waals surface area contributed by atoms with E-state index in [4.69, 9.17) is 0 Å². The van der Waals surface area contributed by atoms with Gasteiger partial charge in [0.2, 0.25) is 0 Å². The summed E-state index contributed by atoms with van der Waals surface area (Å²) in [5.41, 5.74) is 1.14. The molecule has 1 aromatic heterocycles. The lowest BCUT2D eigenvalue weighted by Crippen LogP contribution is -2.24. The molecular formula is C14H23BrN2. The van der Waals surface area contributed by atoms with Gasteiger partial charge in [-0.1, -0.05) is 33.6 Å². The van der Waals surface area contributed by atoms with Crippen molar-refractivity contribution in [3.05, 3.63) is 28.5 Å². The van der Waals surface area contributed by atoms with E-state index in [0.717, 1.165) is 29.1 Å². The molecule has 0 aliphatic carbocycles. The highest BCUT2D eigenvalue weighted by molar-refractivity contribution is 9.10. The summed E-state index contributed by atoms with van der Waals surface area (Å²) >= 11 is 3.60. The van der Waals surface area contributed by atoms with Crippen LogP contribution >= 0.6 is 15.9 Å². The summed E-state index contributed by atoms with van der Waals surface area (Å²) in [6.07, 6.45) is 5.51. The predicted octanol–water partition coefficient (Wildman–Crippen LogP) is 4.32. The Morgan fingerprint density at radius 3 is 2.53 bits per heavy atom. The Hall–Kier alpha value is -0.410. The Morgan fingerprint density at radius 1 is 1.29 bits per heavy atom. The van der Waals surface area contributed by atoms with E-state index in [0.29, 0.717) is 6.04 Å². The molecule has 1 aromatic rings. The van der Waals surface area contributed by atoms with Gasteiger partial charge in [0, 0.05) is 10.7 Å². The summed E-state index contributed by atoms with van der Waals surface area (Å²) in [7, 11) is 0. The summed E-state index contributed by atoms with van der Waals surface area (Å²) in [6.45, 7) is 7.67. The number of aromatic nitrogens is 1. The van der Waals surface area contributed by atoms with Crippen LogP contribution in [0.1, 0.15) is 51.8 Å². The van der Waals surface area contributed by atoms with E-state index >= 15 is 0 Å². The van der Waals surface area contributed by atoms with Crippen LogP contribution in [0.2, 0.25) is 0 Å². The summed E-state index contributed by atoms with van der Waals surface area (Å²) in [6, 6.07) is 4.40. The molecule has 0 aliphatic heterocycles. The maximum atomic E-state index is 4.51. The van der Waals surface area contributed by atoms with Crippen LogP contribution in [0.3, 0.4) is 0 Å². The summed E-state index contributed by atoms with van der Waals surface area (Å²) < 4.78 is 1.11. The second kappa shape index (κ2) is 7.83. The minimum absolute atomic E-state index is 0.362. The highest BCUT2D eigenvalue weighted by Crippen LogP contribution is 2.28. The van der Waals surface area contributed by atoms with Crippen molar-refractivity contribution in [1.29, 1.82) is 0 Å². The average Bonchev–Trinajstić information content (AvgIpc) is 2.35. The van der Waals surface area contributed by atoms with Crippen LogP contribution in [0, 0.1) is 5.92 Å². The minimum Gasteiger partial charge on any atom is -0.309 e. The Bertz CT molecular complexity index is 324. The van der Waals surface area contributed by atoms with E-state index in [1.54, 1.807) is 0 Å². The van der Waals surface area contributed by atoms with E-state index in [1.165, 1.54) is 12.8 Å². The number of rotatable bonds is 7. The fourth-order valence-corrected chi connectivity index (χ4v) is 2.68. The molecule has 0 fully saturated rings. The number of hydrogen-bond acceptors (Lipinski definition) is 2. The van der Waals surface area contributed by atoms with Crippen molar-refractivity contribution in [3.8, 4) is 0 Å². The van der Waals surface area contributed by atoms with E-state index in [-0.39, 0.29) is 0 Å². The Morgan fingerprint density at radius 2 is 2.00 bits per heavy atom. The van der Waals surface area contributed by atoms with Crippen molar-refractivity contribution in [2.24, 2.45) is 5.92 Å². The van der Waals surface area contributed by atoms with Crippen molar-refractivity contribution in [3.63, 3.8) is 0 Å². The van der Waals surface area contributed by atoms with E-state index in [1.807, 2.05) is 12.3 Å². The van der Waals surface area contributed by atoms with E-state index in [2.05, 4.69) is 53.1 Å². The van der Waals surface area contributed by atoms with Crippen molar-refractivity contribution in [2.75, 3.05) is 6.54 Å². The number of pyridine rings is 1. The van der Waals surface area contributed by atoms with Crippen molar-refractivity contribution in [1.82, 2.24) is 10.3 Å². The molecule has 1 atom stereocenters. The van der Waals surface area contributed by atoms with E-state index in [9.17, 15) is 0 Å². The van der Waals surface area contributed by atoms with Crippen molar-refractivity contribution >= 4 is 15.9 Å². The average molecular weight is 299 g/mol. The molecule has 0 bridgehead atoms. The van der Waals surface area contributed by atoms with E-state index < -0.39 is 0 Å². The second-order valence-corrected chi connectivity index (χ2v) is 5.25. The van der Waals surface area contributed by atoms with Crippen LogP contribution in [-0.4, -0.2) is 11.5 Å². The highest BCUT2D eigenvalue weighted by atomic mass is 79.9. The van der Waals surface area contributed by atoms with Gasteiger partial charge in [0.25, 0.3) is 0 Å². The lowest BCUT2D eigenvalue weighted by atomic mass is 9.93. The summed E-state index contributed by atoms with van der Waals surface area (Å²) in [4.78, 5) is 4.51. The molecule has 2 nitrogen and oxygen atoms in total. The van der Waals surface area contributed by atoms with Gasteiger partial charge in [-0.2, -0.15) is 0 Å². The van der Waals surface area contributed by atoms with Gasteiger partial charge >= 0.3 is 0 Å². The summed E-state index contributed by atoms with van der Waals surface area (Å²) in [5.74, 6) is 0.771. The third-order valence-electron chi connectivity index (χ3n) is 3.29. The molecule has 0 amide bonds. The van der Waals surface area contributed by atoms with Crippen LogP contribution in [0.5, 0.6) is 0 Å².